The van der Waals surface area contributed by atoms with Crippen molar-refractivity contribution in [1.29, 1.82) is 0 Å². The van der Waals surface area contributed by atoms with Gasteiger partial charge in [0.2, 0.25) is 0 Å². The van der Waals surface area contributed by atoms with Crippen molar-refractivity contribution in [3.8, 4) is 0 Å². The van der Waals surface area contributed by atoms with Crippen LogP contribution in [-0.4, -0.2) is 5.71 Å². The Bertz CT molecular complexity index is 460. The van der Waals surface area contributed by atoms with Crippen LogP contribution in [0.5, 0.6) is 0 Å². The maximum Gasteiger partial charge on any atom is 0.0665 e. The molecule has 2 unspecified atom stereocenters. The predicted molar refractivity (Wildman–Crippen MR) is 73.0 cm³/mol. The second kappa shape index (κ2) is 4.48. The summed E-state index contributed by atoms with van der Waals surface area (Å²) < 4.78 is 0. The van der Waals surface area contributed by atoms with E-state index in [0.717, 1.165) is 6.42 Å². The molecule has 0 N–H and O–H groups in total. The van der Waals surface area contributed by atoms with Gasteiger partial charge in [-0.15, -0.1) is 0 Å². The van der Waals surface area contributed by atoms with Crippen molar-refractivity contribution in [2.75, 3.05) is 0 Å². The molecule has 1 heterocycles. The Hall–Kier alpha value is -1.37. The third kappa shape index (κ3) is 2.06. The molecule has 3 rings (SSSR count). The van der Waals surface area contributed by atoms with E-state index >= 15 is 0 Å². The van der Waals surface area contributed by atoms with E-state index in [4.69, 9.17) is 4.99 Å². The van der Waals surface area contributed by atoms with Gasteiger partial charge in [-0.05, 0) is 43.3 Å². The molecule has 1 nitrogen and oxygen atoms in total. The lowest BCUT2D eigenvalue weighted by Gasteiger charge is -2.28. The van der Waals surface area contributed by atoms with E-state index in [9.17, 15) is 0 Å². The molecule has 0 saturated carbocycles. The maximum absolute atomic E-state index is 4.90. The lowest BCUT2D eigenvalue weighted by molar-refractivity contribution is 0.430. The van der Waals surface area contributed by atoms with E-state index < -0.39 is 0 Å². The minimum Gasteiger partial charge on any atom is -0.253 e. The second-order valence-corrected chi connectivity index (χ2v) is 5.22. The average molecular weight is 225 g/mol. The lowest BCUT2D eigenvalue weighted by atomic mass is 9.79. The highest BCUT2D eigenvalue weighted by molar-refractivity contribution is 5.98. The fourth-order valence-corrected chi connectivity index (χ4v) is 2.92. The van der Waals surface area contributed by atoms with Gasteiger partial charge < -0.3 is 0 Å². The molecule has 1 heteroatoms. The first-order chi connectivity index (χ1) is 8.34. The number of aliphatic imine (C=N–C) groups is 1. The zero-order valence-electron chi connectivity index (χ0n) is 10.4. The second-order valence-electron chi connectivity index (χ2n) is 5.22. The molecule has 1 aliphatic heterocycles. The van der Waals surface area contributed by atoms with Gasteiger partial charge in [-0.3, -0.25) is 4.99 Å². The summed E-state index contributed by atoms with van der Waals surface area (Å²) in [6.45, 7) is 2.36. The van der Waals surface area contributed by atoms with E-state index in [-0.39, 0.29) is 0 Å². The SMILES string of the molecule is CC1C/C=C2\C=CCC=C2N=C2C=CCCC21. The van der Waals surface area contributed by atoms with Gasteiger partial charge in [-0.2, -0.15) is 0 Å². The standard InChI is InChI=1S/C16H19N/c1-12-10-11-13-6-2-4-8-15(13)17-16-9-5-3-7-14(12)16/h2,5-6,8-9,11-12,14H,3-4,7,10H2,1H3/b13-11+,17-16?. The predicted octanol–water partition coefficient (Wildman–Crippen LogP) is 4.20. The summed E-state index contributed by atoms with van der Waals surface area (Å²) in [4.78, 5) is 4.90. The highest BCUT2D eigenvalue weighted by atomic mass is 14.8. The van der Waals surface area contributed by atoms with Crippen LogP contribution in [0.15, 0.2) is 52.7 Å². The van der Waals surface area contributed by atoms with Crippen molar-refractivity contribution in [3.05, 3.63) is 47.7 Å². The Morgan fingerprint density at radius 1 is 1.18 bits per heavy atom. The summed E-state index contributed by atoms with van der Waals surface area (Å²) in [5.74, 6) is 1.37. The molecule has 0 aromatic heterocycles. The molecule has 3 aliphatic rings. The Morgan fingerprint density at radius 2 is 2.12 bits per heavy atom. The maximum atomic E-state index is 4.90. The minimum atomic E-state index is 0.657. The first kappa shape index (κ1) is 10.8. The van der Waals surface area contributed by atoms with Gasteiger partial charge in [-0.1, -0.05) is 37.3 Å². The van der Waals surface area contributed by atoms with Crippen molar-refractivity contribution in [1.82, 2.24) is 0 Å². The molecule has 0 amide bonds. The number of nitrogens with zero attached hydrogens (tertiary/aromatic N) is 1. The Morgan fingerprint density at radius 3 is 3.06 bits per heavy atom. The van der Waals surface area contributed by atoms with Crippen LogP contribution < -0.4 is 0 Å². The first-order valence-electron chi connectivity index (χ1n) is 6.67. The van der Waals surface area contributed by atoms with Gasteiger partial charge in [0.15, 0.2) is 0 Å². The molecular weight excluding hydrogens is 206 g/mol. The van der Waals surface area contributed by atoms with Crippen LogP contribution in [0.3, 0.4) is 0 Å². The normalized spacial score (nSPS) is 34.5. The molecule has 0 aromatic rings. The summed E-state index contributed by atoms with van der Waals surface area (Å²) in [5, 5.41) is 0. The topological polar surface area (TPSA) is 12.4 Å². The first-order valence-corrected chi connectivity index (χ1v) is 6.67. The fraction of sp³-hybridized carbons (Fsp3) is 0.438. The highest BCUT2D eigenvalue weighted by Gasteiger charge is 2.25. The van der Waals surface area contributed by atoms with Crippen LogP contribution in [0, 0.1) is 11.8 Å². The van der Waals surface area contributed by atoms with Crippen LogP contribution in [0.2, 0.25) is 0 Å². The van der Waals surface area contributed by atoms with Crippen molar-refractivity contribution < 1.29 is 0 Å². The van der Waals surface area contributed by atoms with Crippen LogP contribution in [0.4, 0.5) is 0 Å². The fourth-order valence-electron chi connectivity index (χ4n) is 2.92. The summed E-state index contributed by atoms with van der Waals surface area (Å²) in [6.07, 6.45) is 18.2. The van der Waals surface area contributed by atoms with E-state index in [0.29, 0.717) is 11.8 Å². The van der Waals surface area contributed by atoms with Crippen molar-refractivity contribution in [2.24, 2.45) is 16.8 Å². The summed E-state index contributed by atoms with van der Waals surface area (Å²) >= 11 is 0. The number of hydrogen-bond acceptors (Lipinski definition) is 1. The molecule has 0 radical (unpaired) electrons. The molecule has 88 valence electrons. The Labute approximate surface area is 103 Å². The molecule has 2 atom stereocenters. The zero-order valence-corrected chi connectivity index (χ0v) is 10.4. The number of rotatable bonds is 0. The number of allylic oxidation sites excluding steroid dienone is 6. The van der Waals surface area contributed by atoms with Crippen LogP contribution in [0.25, 0.3) is 0 Å². The van der Waals surface area contributed by atoms with E-state index in [1.807, 2.05) is 0 Å². The van der Waals surface area contributed by atoms with Gasteiger partial charge in [0.25, 0.3) is 0 Å². The van der Waals surface area contributed by atoms with Crippen molar-refractivity contribution in [3.63, 3.8) is 0 Å². The monoisotopic (exact) mass is 225 g/mol. The number of hydrogen-bond donors (Lipinski definition) is 0. The molecule has 0 bridgehead atoms. The summed E-state index contributed by atoms with van der Waals surface area (Å²) in [5.41, 5.74) is 3.80. The van der Waals surface area contributed by atoms with Crippen LogP contribution >= 0.6 is 0 Å². The summed E-state index contributed by atoms with van der Waals surface area (Å²) in [6, 6.07) is 0. The highest BCUT2D eigenvalue weighted by Crippen LogP contribution is 2.32. The largest absolute Gasteiger partial charge is 0.253 e. The molecule has 0 spiro atoms. The van der Waals surface area contributed by atoms with Gasteiger partial charge in [0, 0.05) is 11.6 Å². The average Bonchev–Trinajstić information content (AvgIpc) is 2.36. The smallest absolute Gasteiger partial charge is 0.0665 e. The van der Waals surface area contributed by atoms with Crippen LogP contribution in [-0.2, 0) is 0 Å². The molecule has 0 fully saturated rings. The Balaban J connectivity index is 2.03. The molecule has 0 saturated heterocycles. The van der Waals surface area contributed by atoms with E-state index in [1.54, 1.807) is 0 Å². The third-order valence-corrected chi connectivity index (χ3v) is 4.00. The van der Waals surface area contributed by atoms with E-state index in [1.165, 1.54) is 36.2 Å². The van der Waals surface area contributed by atoms with Crippen molar-refractivity contribution in [2.45, 2.75) is 32.6 Å². The van der Waals surface area contributed by atoms with Gasteiger partial charge in [0.05, 0.1) is 5.70 Å². The van der Waals surface area contributed by atoms with Crippen molar-refractivity contribution >= 4 is 5.71 Å². The third-order valence-electron chi connectivity index (χ3n) is 4.00. The van der Waals surface area contributed by atoms with E-state index in [2.05, 4.69) is 43.4 Å². The molecule has 2 aliphatic carbocycles. The molecule has 0 aromatic carbocycles. The van der Waals surface area contributed by atoms with Gasteiger partial charge >= 0.3 is 0 Å². The zero-order chi connectivity index (χ0) is 11.7. The summed E-state index contributed by atoms with van der Waals surface area (Å²) in [7, 11) is 0. The lowest BCUT2D eigenvalue weighted by Crippen LogP contribution is -2.24. The quantitative estimate of drug-likeness (QED) is 0.586. The molecule has 17 heavy (non-hydrogen) atoms. The Kier molecular flexibility index (Phi) is 2.84. The van der Waals surface area contributed by atoms with Crippen LogP contribution in [0.1, 0.15) is 32.6 Å². The number of fused-ring (bicyclic) bond motifs is 2. The molecular formula is C16H19N. The minimum absolute atomic E-state index is 0.657. The van der Waals surface area contributed by atoms with Gasteiger partial charge in [-0.25, -0.2) is 0 Å². The van der Waals surface area contributed by atoms with Gasteiger partial charge in [0.1, 0.15) is 0 Å².